The third-order valence-electron chi connectivity index (χ3n) is 3.54. The molecule has 0 aliphatic rings. The van der Waals surface area contributed by atoms with Gasteiger partial charge in [0, 0.05) is 23.8 Å². The largest absolute Gasteiger partial charge is 0.370 e. The maximum atomic E-state index is 5.72. The average Bonchev–Trinajstić information content (AvgIpc) is 2.42. The average molecular weight is 333 g/mol. The molecule has 0 fully saturated rings. The van der Waals surface area contributed by atoms with Gasteiger partial charge in [-0.1, -0.05) is 40.2 Å². The van der Waals surface area contributed by atoms with Gasteiger partial charge in [0.05, 0.1) is 0 Å². The fraction of sp³-hybridized carbons (Fsp3) is 0.294. The van der Waals surface area contributed by atoms with Crippen LogP contribution in [0.3, 0.4) is 0 Å². The van der Waals surface area contributed by atoms with Gasteiger partial charge in [-0.25, -0.2) is 0 Å². The van der Waals surface area contributed by atoms with Crippen molar-refractivity contribution in [3.63, 3.8) is 0 Å². The van der Waals surface area contributed by atoms with Crippen LogP contribution in [0.2, 0.25) is 0 Å². The lowest BCUT2D eigenvalue weighted by molar-refractivity contribution is 0.886. The van der Waals surface area contributed by atoms with Gasteiger partial charge in [-0.3, -0.25) is 0 Å². The van der Waals surface area contributed by atoms with Crippen LogP contribution in [0.1, 0.15) is 16.7 Å². The first-order valence-corrected chi connectivity index (χ1v) is 7.65. The van der Waals surface area contributed by atoms with Crippen LogP contribution in [0.4, 0.5) is 5.69 Å². The number of anilines is 1. The van der Waals surface area contributed by atoms with Gasteiger partial charge in [0.15, 0.2) is 0 Å². The second kappa shape index (κ2) is 6.91. The molecule has 2 N–H and O–H groups in total. The molecular weight excluding hydrogens is 312 g/mol. The van der Waals surface area contributed by atoms with Crippen LogP contribution in [-0.2, 0) is 13.0 Å². The lowest BCUT2D eigenvalue weighted by Gasteiger charge is -2.23. The van der Waals surface area contributed by atoms with Crippen molar-refractivity contribution < 1.29 is 0 Å². The van der Waals surface area contributed by atoms with Crippen LogP contribution >= 0.6 is 15.9 Å². The van der Waals surface area contributed by atoms with E-state index in [-0.39, 0.29) is 0 Å². The maximum Gasteiger partial charge on any atom is 0.0428 e. The van der Waals surface area contributed by atoms with E-state index in [1.165, 1.54) is 22.4 Å². The van der Waals surface area contributed by atoms with Crippen molar-refractivity contribution in [3.05, 3.63) is 63.6 Å². The molecule has 0 spiro atoms. The maximum absolute atomic E-state index is 5.72. The summed E-state index contributed by atoms with van der Waals surface area (Å²) in [6, 6.07) is 14.9. The molecule has 20 heavy (non-hydrogen) atoms. The normalized spacial score (nSPS) is 10.6. The Hall–Kier alpha value is -1.32. The molecule has 0 saturated heterocycles. The second-order valence-electron chi connectivity index (χ2n) is 5.09. The number of nitrogens with zero attached hydrogens (tertiary/aromatic N) is 1. The highest BCUT2D eigenvalue weighted by Crippen LogP contribution is 2.26. The molecule has 0 aliphatic carbocycles. The molecule has 2 rings (SSSR count). The Bertz CT molecular complexity index is 581. The van der Waals surface area contributed by atoms with Crippen LogP contribution in [-0.4, -0.2) is 13.6 Å². The zero-order valence-corrected chi connectivity index (χ0v) is 13.7. The summed E-state index contributed by atoms with van der Waals surface area (Å²) in [4.78, 5) is 2.29. The molecule has 0 heterocycles. The predicted octanol–water partition coefficient (Wildman–Crippen LogP) is 3.90. The molecule has 0 atom stereocenters. The minimum Gasteiger partial charge on any atom is -0.370 e. The van der Waals surface area contributed by atoms with Gasteiger partial charge in [0.2, 0.25) is 0 Å². The van der Waals surface area contributed by atoms with Crippen LogP contribution in [0, 0.1) is 6.92 Å². The Morgan fingerprint density at radius 3 is 2.55 bits per heavy atom. The molecule has 2 aromatic rings. The zero-order valence-electron chi connectivity index (χ0n) is 12.1. The topological polar surface area (TPSA) is 29.3 Å². The van der Waals surface area contributed by atoms with Crippen molar-refractivity contribution in [2.24, 2.45) is 5.73 Å². The summed E-state index contributed by atoms with van der Waals surface area (Å²) >= 11 is 3.53. The highest BCUT2D eigenvalue weighted by molar-refractivity contribution is 9.10. The highest BCUT2D eigenvalue weighted by Gasteiger charge is 2.09. The van der Waals surface area contributed by atoms with E-state index in [0.717, 1.165) is 17.4 Å². The Balaban J connectivity index is 2.25. The van der Waals surface area contributed by atoms with Gasteiger partial charge >= 0.3 is 0 Å². The molecule has 106 valence electrons. The quantitative estimate of drug-likeness (QED) is 0.899. The summed E-state index contributed by atoms with van der Waals surface area (Å²) < 4.78 is 1.11. The van der Waals surface area contributed by atoms with E-state index in [4.69, 9.17) is 5.73 Å². The van der Waals surface area contributed by atoms with Crippen molar-refractivity contribution in [1.82, 2.24) is 0 Å². The number of hydrogen-bond donors (Lipinski definition) is 1. The SMILES string of the molecule is Cc1ccccc1CN(C)c1ccc(Br)cc1CCN. The van der Waals surface area contributed by atoms with E-state index >= 15 is 0 Å². The number of nitrogens with two attached hydrogens (primary N) is 1. The summed E-state index contributed by atoms with van der Waals surface area (Å²) in [6.07, 6.45) is 0.896. The lowest BCUT2D eigenvalue weighted by atomic mass is 10.1. The van der Waals surface area contributed by atoms with Crippen LogP contribution in [0.15, 0.2) is 46.9 Å². The van der Waals surface area contributed by atoms with E-state index in [2.05, 4.69) is 77.3 Å². The van der Waals surface area contributed by atoms with E-state index < -0.39 is 0 Å². The van der Waals surface area contributed by atoms with Crippen molar-refractivity contribution in [2.75, 3.05) is 18.5 Å². The third-order valence-corrected chi connectivity index (χ3v) is 4.03. The third kappa shape index (κ3) is 3.62. The molecule has 2 aromatic carbocycles. The van der Waals surface area contributed by atoms with Crippen molar-refractivity contribution >= 4 is 21.6 Å². The minimum absolute atomic E-state index is 0.668. The second-order valence-corrected chi connectivity index (χ2v) is 6.01. The van der Waals surface area contributed by atoms with Gasteiger partial charge in [-0.15, -0.1) is 0 Å². The Labute approximate surface area is 129 Å². The van der Waals surface area contributed by atoms with E-state index in [9.17, 15) is 0 Å². The number of aryl methyl sites for hydroxylation is 1. The summed E-state index contributed by atoms with van der Waals surface area (Å²) in [5.41, 5.74) is 11.0. The molecule has 3 heteroatoms. The first-order valence-electron chi connectivity index (χ1n) is 6.86. The van der Waals surface area contributed by atoms with E-state index in [0.29, 0.717) is 6.54 Å². The Morgan fingerprint density at radius 1 is 1.10 bits per heavy atom. The molecule has 0 saturated carbocycles. The molecule has 0 radical (unpaired) electrons. The first-order chi connectivity index (χ1) is 9.61. The van der Waals surface area contributed by atoms with Crippen LogP contribution in [0.5, 0.6) is 0 Å². The van der Waals surface area contributed by atoms with Gasteiger partial charge < -0.3 is 10.6 Å². The predicted molar refractivity (Wildman–Crippen MR) is 90.2 cm³/mol. The van der Waals surface area contributed by atoms with E-state index in [1.807, 2.05) is 0 Å². The van der Waals surface area contributed by atoms with Gasteiger partial charge in [0.1, 0.15) is 0 Å². The monoisotopic (exact) mass is 332 g/mol. The summed E-state index contributed by atoms with van der Waals surface area (Å²) in [5, 5.41) is 0. The molecule has 0 aromatic heterocycles. The zero-order chi connectivity index (χ0) is 14.5. The van der Waals surface area contributed by atoms with Crippen LogP contribution in [0.25, 0.3) is 0 Å². The summed E-state index contributed by atoms with van der Waals surface area (Å²) in [6.45, 7) is 3.74. The first kappa shape index (κ1) is 15.1. The minimum atomic E-state index is 0.668. The summed E-state index contributed by atoms with van der Waals surface area (Å²) in [5.74, 6) is 0. The number of rotatable bonds is 5. The van der Waals surface area contributed by atoms with Crippen molar-refractivity contribution in [2.45, 2.75) is 19.9 Å². The standard InChI is InChI=1S/C17H21BrN2/c1-13-5-3-4-6-15(13)12-20(2)17-8-7-16(18)11-14(17)9-10-19/h3-8,11H,9-10,12,19H2,1-2H3. The Kier molecular flexibility index (Phi) is 5.21. The van der Waals surface area contributed by atoms with Crippen molar-refractivity contribution in [3.8, 4) is 0 Å². The van der Waals surface area contributed by atoms with Crippen LogP contribution < -0.4 is 10.6 Å². The molecule has 0 amide bonds. The number of hydrogen-bond acceptors (Lipinski definition) is 2. The summed E-state index contributed by atoms with van der Waals surface area (Å²) in [7, 11) is 2.13. The Morgan fingerprint density at radius 2 is 1.85 bits per heavy atom. The van der Waals surface area contributed by atoms with Gasteiger partial charge in [-0.2, -0.15) is 0 Å². The molecular formula is C17H21BrN2. The fourth-order valence-electron chi connectivity index (χ4n) is 2.41. The molecule has 0 unspecified atom stereocenters. The molecule has 2 nitrogen and oxygen atoms in total. The highest BCUT2D eigenvalue weighted by atomic mass is 79.9. The number of halogens is 1. The lowest BCUT2D eigenvalue weighted by Crippen LogP contribution is -2.19. The van der Waals surface area contributed by atoms with Crippen molar-refractivity contribution in [1.29, 1.82) is 0 Å². The van der Waals surface area contributed by atoms with Gasteiger partial charge in [0.25, 0.3) is 0 Å². The smallest absolute Gasteiger partial charge is 0.0428 e. The van der Waals surface area contributed by atoms with E-state index in [1.54, 1.807) is 0 Å². The van der Waals surface area contributed by atoms with Gasteiger partial charge in [-0.05, 0) is 54.8 Å². The number of benzene rings is 2. The molecule has 0 bridgehead atoms. The molecule has 0 aliphatic heterocycles. The fourth-order valence-corrected chi connectivity index (χ4v) is 2.82.